The molecule has 6 nitrogen and oxygen atoms in total. The third-order valence-electron chi connectivity index (χ3n) is 2.48. The van der Waals surface area contributed by atoms with Crippen LogP contribution in [0.1, 0.15) is 16.1 Å². The van der Waals surface area contributed by atoms with Gasteiger partial charge in [-0.2, -0.15) is 0 Å². The van der Waals surface area contributed by atoms with Gasteiger partial charge in [-0.05, 0) is 12.1 Å². The smallest absolute Gasteiger partial charge is 0.346 e. The van der Waals surface area contributed by atoms with Crippen LogP contribution in [0, 0.1) is 0 Å². The number of carbonyl (C=O) groups excluding carboxylic acids is 1. The van der Waals surface area contributed by atoms with Gasteiger partial charge in [0, 0.05) is 11.5 Å². The summed E-state index contributed by atoms with van der Waals surface area (Å²) in [7, 11) is 2.93. The van der Waals surface area contributed by atoms with Gasteiger partial charge in [0.15, 0.2) is 0 Å². The number of hydrogen-bond donors (Lipinski definition) is 0. The Balaban J connectivity index is 2.18. The van der Waals surface area contributed by atoms with Gasteiger partial charge in [-0.3, -0.25) is 0 Å². The number of nitrogens with zero attached hydrogens (tertiary/aromatic N) is 2. The van der Waals surface area contributed by atoms with Gasteiger partial charge in [0.1, 0.15) is 33.7 Å². The van der Waals surface area contributed by atoms with E-state index < -0.39 is 5.97 Å². The zero-order valence-electron chi connectivity index (χ0n) is 10.8. The van der Waals surface area contributed by atoms with Crippen molar-refractivity contribution in [2.45, 2.75) is 6.61 Å². The molecule has 0 bridgehead atoms. The average molecular weight is 315 g/mol. The van der Waals surface area contributed by atoms with Crippen LogP contribution in [-0.2, 0) is 11.3 Å². The van der Waals surface area contributed by atoms with Crippen LogP contribution in [0.3, 0.4) is 0 Å². The molecule has 1 aromatic heterocycles. The molecule has 0 aliphatic rings. The first-order valence-corrected chi connectivity index (χ1v) is 6.67. The Kier molecular flexibility index (Phi) is 4.75. The molecule has 0 spiro atoms. The maximum atomic E-state index is 12.1. The van der Waals surface area contributed by atoms with Crippen molar-refractivity contribution in [3.05, 3.63) is 33.8 Å². The van der Waals surface area contributed by atoms with E-state index in [-0.39, 0.29) is 12.2 Å². The summed E-state index contributed by atoms with van der Waals surface area (Å²) in [4.78, 5) is 12.1. The fourth-order valence-corrected chi connectivity index (χ4v) is 2.14. The maximum absolute atomic E-state index is 12.1. The molecule has 0 aliphatic carbocycles. The predicted molar refractivity (Wildman–Crippen MR) is 73.6 cm³/mol. The number of carbonyl (C=O) groups is 1. The number of esters is 1. The van der Waals surface area contributed by atoms with Crippen molar-refractivity contribution in [2.75, 3.05) is 14.2 Å². The van der Waals surface area contributed by atoms with Crippen LogP contribution in [0.4, 0.5) is 0 Å². The molecule has 2 rings (SSSR count). The lowest BCUT2D eigenvalue weighted by Crippen LogP contribution is -2.09. The SMILES string of the molecule is COc1cccc(OC)c1C(=O)OCc1nnsc1Cl. The van der Waals surface area contributed by atoms with Crippen LogP contribution in [0.15, 0.2) is 18.2 Å². The molecule has 0 N–H and O–H groups in total. The summed E-state index contributed by atoms with van der Waals surface area (Å²) in [5, 5.41) is 3.76. The number of rotatable bonds is 5. The van der Waals surface area contributed by atoms with E-state index >= 15 is 0 Å². The molecule has 1 heterocycles. The molecule has 0 atom stereocenters. The molecule has 8 heteroatoms. The van der Waals surface area contributed by atoms with E-state index in [0.717, 1.165) is 11.5 Å². The van der Waals surface area contributed by atoms with Crippen LogP contribution in [0.2, 0.25) is 4.34 Å². The Hall–Kier alpha value is -1.86. The monoisotopic (exact) mass is 314 g/mol. The van der Waals surface area contributed by atoms with Crippen molar-refractivity contribution in [3.8, 4) is 11.5 Å². The summed E-state index contributed by atoms with van der Waals surface area (Å²) in [6, 6.07) is 5.02. The minimum Gasteiger partial charge on any atom is -0.496 e. The number of benzene rings is 1. The van der Waals surface area contributed by atoms with E-state index in [9.17, 15) is 4.79 Å². The van der Waals surface area contributed by atoms with Gasteiger partial charge < -0.3 is 14.2 Å². The van der Waals surface area contributed by atoms with E-state index in [1.54, 1.807) is 18.2 Å². The molecule has 2 aromatic rings. The molecular weight excluding hydrogens is 304 g/mol. The maximum Gasteiger partial charge on any atom is 0.346 e. The first kappa shape index (κ1) is 14.5. The largest absolute Gasteiger partial charge is 0.496 e. The highest BCUT2D eigenvalue weighted by atomic mass is 35.5. The number of methoxy groups -OCH3 is 2. The first-order chi connectivity index (χ1) is 9.67. The van der Waals surface area contributed by atoms with E-state index in [1.165, 1.54) is 14.2 Å². The van der Waals surface area contributed by atoms with Crippen LogP contribution in [-0.4, -0.2) is 29.8 Å². The molecule has 0 saturated carbocycles. The van der Waals surface area contributed by atoms with Crippen molar-refractivity contribution >= 4 is 29.1 Å². The highest BCUT2D eigenvalue weighted by Gasteiger charge is 2.20. The second kappa shape index (κ2) is 6.53. The van der Waals surface area contributed by atoms with E-state index in [0.29, 0.717) is 21.5 Å². The van der Waals surface area contributed by atoms with Gasteiger partial charge in [-0.25, -0.2) is 4.79 Å². The number of halogens is 1. The summed E-state index contributed by atoms with van der Waals surface area (Å²) in [6.07, 6.45) is 0. The number of aromatic nitrogens is 2. The molecule has 0 fully saturated rings. The van der Waals surface area contributed by atoms with Gasteiger partial charge in [0.05, 0.1) is 14.2 Å². The van der Waals surface area contributed by atoms with E-state index in [2.05, 4.69) is 9.59 Å². The third kappa shape index (κ3) is 3.00. The lowest BCUT2D eigenvalue weighted by molar-refractivity contribution is 0.0460. The Morgan fingerprint density at radius 1 is 1.30 bits per heavy atom. The standard InChI is InChI=1S/C12H11ClN2O4S/c1-17-8-4-3-5-9(18-2)10(8)12(16)19-6-7-11(13)20-15-14-7/h3-5H,6H2,1-2H3. The van der Waals surface area contributed by atoms with Crippen molar-refractivity contribution in [1.29, 1.82) is 0 Å². The minimum absolute atomic E-state index is 0.0601. The predicted octanol–water partition coefficient (Wildman–Crippen LogP) is 2.57. The molecule has 0 amide bonds. The minimum atomic E-state index is -0.580. The van der Waals surface area contributed by atoms with Gasteiger partial charge in [-0.15, -0.1) is 5.10 Å². The fraction of sp³-hybridized carbons (Fsp3) is 0.250. The van der Waals surface area contributed by atoms with Gasteiger partial charge in [-0.1, -0.05) is 22.2 Å². The Morgan fingerprint density at radius 2 is 1.95 bits per heavy atom. The second-order valence-corrected chi connectivity index (χ2v) is 4.96. The summed E-state index contributed by atoms with van der Waals surface area (Å²) in [6.45, 7) is -0.0601. The lowest BCUT2D eigenvalue weighted by Gasteiger charge is -2.11. The summed E-state index contributed by atoms with van der Waals surface area (Å²) < 4.78 is 19.5. The highest BCUT2D eigenvalue weighted by molar-refractivity contribution is 7.10. The summed E-state index contributed by atoms with van der Waals surface area (Å²) in [5.41, 5.74) is 0.635. The van der Waals surface area contributed by atoms with Gasteiger partial charge >= 0.3 is 5.97 Å². The second-order valence-electron chi connectivity index (χ2n) is 3.61. The van der Waals surface area contributed by atoms with Crippen LogP contribution >= 0.6 is 23.1 Å². The summed E-state index contributed by atoms with van der Waals surface area (Å²) in [5.74, 6) is 0.164. The molecule has 20 heavy (non-hydrogen) atoms. The molecule has 0 saturated heterocycles. The fourth-order valence-electron chi connectivity index (χ4n) is 1.54. The first-order valence-electron chi connectivity index (χ1n) is 5.52. The van der Waals surface area contributed by atoms with Gasteiger partial charge in [0.2, 0.25) is 0 Å². The molecule has 0 radical (unpaired) electrons. The van der Waals surface area contributed by atoms with Crippen molar-refractivity contribution in [3.63, 3.8) is 0 Å². The summed E-state index contributed by atoms with van der Waals surface area (Å²) >= 11 is 6.87. The number of ether oxygens (including phenoxy) is 3. The normalized spacial score (nSPS) is 10.2. The Labute approximate surface area is 124 Å². The van der Waals surface area contributed by atoms with Crippen LogP contribution in [0.25, 0.3) is 0 Å². The quantitative estimate of drug-likeness (QED) is 0.790. The Morgan fingerprint density at radius 3 is 2.45 bits per heavy atom. The average Bonchev–Trinajstić information content (AvgIpc) is 2.89. The molecule has 0 aliphatic heterocycles. The molecule has 0 unspecified atom stereocenters. The third-order valence-corrected chi connectivity index (χ3v) is 3.47. The van der Waals surface area contributed by atoms with E-state index in [4.69, 9.17) is 25.8 Å². The molecular formula is C12H11ClN2O4S. The molecule has 1 aromatic carbocycles. The van der Waals surface area contributed by atoms with Gasteiger partial charge in [0.25, 0.3) is 0 Å². The topological polar surface area (TPSA) is 70.5 Å². The van der Waals surface area contributed by atoms with Crippen molar-refractivity contribution in [2.24, 2.45) is 0 Å². The zero-order chi connectivity index (χ0) is 14.5. The lowest BCUT2D eigenvalue weighted by atomic mass is 10.2. The number of hydrogen-bond acceptors (Lipinski definition) is 7. The van der Waals surface area contributed by atoms with Crippen LogP contribution < -0.4 is 9.47 Å². The zero-order valence-corrected chi connectivity index (χ0v) is 12.3. The van der Waals surface area contributed by atoms with E-state index in [1.807, 2.05) is 0 Å². The Bertz CT molecular complexity index is 595. The highest BCUT2D eigenvalue weighted by Crippen LogP contribution is 2.29. The van der Waals surface area contributed by atoms with Crippen molar-refractivity contribution < 1.29 is 19.0 Å². The molecule has 106 valence electrons. The van der Waals surface area contributed by atoms with Crippen LogP contribution in [0.5, 0.6) is 11.5 Å². The van der Waals surface area contributed by atoms with Crippen molar-refractivity contribution in [1.82, 2.24) is 9.59 Å².